The lowest BCUT2D eigenvalue weighted by atomic mass is 9.97. The van der Waals surface area contributed by atoms with Gasteiger partial charge in [-0.15, -0.1) is 11.3 Å². The third kappa shape index (κ3) is 3.35. The Hall–Kier alpha value is -1.97. The number of benzene rings is 1. The normalized spacial score (nSPS) is 18.4. The van der Waals surface area contributed by atoms with Crippen LogP contribution in [-0.2, 0) is 10.0 Å². The number of hydrogen-bond acceptors (Lipinski definition) is 5. The molecule has 1 saturated heterocycles. The summed E-state index contributed by atoms with van der Waals surface area (Å²) in [6, 6.07) is 3.58. The SMILES string of the molecule is COc1ccc(F)cc1S(=O)(=O)N1CCCC(c2nc(C)n3c(C)c(C)sc23)C1. The van der Waals surface area contributed by atoms with Crippen LogP contribution in [0.25, 0.3) is 4.83 Å². The minimum Gasteiger partial charge on any atom is -0.495 e. The van der Waals surface area contributed by atoms with Crippen molar-refractivity contribution in [1.82, 2.24) is 13.7 Å². The standard InChI is InChI=1S/C20H24FN3O3S2/c1-12-13(2)28-20-19(22-14(3)24(12)20)15-6-5-9-23(11-15)29(25,26)18-10-16(21)7-8-17(18)27-4/h7-8,10,15H,5-6,9,11H2,1-4H3. The summed E-state index contributed by atoms with van der Waals surface area (Å²) in [7, 11) is -2.49. The largest absolute Gasteiger partial charge is 0.495 e. The molecule has 3 aromatic rings. The molecule has 0 amide bonds. The van der Waals surface area contributed by atoms with Gasteiger partial charge in [0.25, 0.3) is 0 Å². The van der Waals surface area contributed by atoms with Gasteiger partial charge in [-0.3, -0.25) is 4.40 Å². The Balaban J connectivity index is 1.71. The number of aryl methyl sites for hydroxylation is 3. The summed E-state index contributed by atoms with van der Waals surface area (Å²) in [5.74, 6) is 0.468. The monoisotopic (exact) mass is 437 g/mol. The van der Waals surface area contributed by atoms with Crippen molar-refractivity contribution in [2.24, 2.45) is 0 Å². The average molecular weight is 438 g/mol. The van der Waals surface area contributed by atoms with E-state index < -0.39 is 15.8 Å². The zero-order valence-electron chi connectivity index (χ0n) is 16.9. The van der Waals surface area contributed by atoms with Crippen LogP contribution in [0.5, 0.6) is 5.75 Å². The number of rotatable bonds is 4. The summed E-state index contributed by atoms with van der Waals surface area (Å²) in [5.41, 5.74) is 2.13. The fraction of sp³-hybridized carbons (Fsp3) is 0.450. The van der Waals surface area contributed by atoms with E-state index in [1.165, 1.54) is 34.1 Å². The Morgan fingerprint density at radius 3 is 2.76 bits per heavy atom. The maximum absolute atomic E-state index is 13.8. The molecular weight excluding hydrogens is 413 g/mol. The number of sulfonamides is 1. The molecule has 3 heterocycles. The second-order valence-electron chi connectivity index (χ2n) is 7.43. The molecule has 9 heteroatoms. The molecule has 0 bridgehead atoms. The highest BCUT2D eigenvalue weighted by atomic mass is 32.2. The van der Waals surface area contributed by atoms with Gasteiger partial charge in [-0.1, -0.05) is 0 Å². The topological polar surface area (TPSA) is 63.9 Å². The van der Waals surface area contributed by atoms with E-state index in [-0.39, 0.29) is 16.6 Å². The molecule has 1 atom stereocenters. The lowest BCUT2D eigenvalue weighted by Gasteiger charge is -2.31. The van der Waals surface area contributed by atoms with Crippen molar-refractivity contribution < 1.29 is 17.5 Å². The smallest absolute Gasteiger partial charge is 0.246 e. The van der Waals surface area contributed by atoms with E-state index in [1.54, 1.807) is 11.3 Å². The Morgan fingerprint density at radius 2 is 2.03 bits per heavy atom. The number of ether oxygens (including phenoxy) is 1. The highest BCUT2D eigenvalue weighted by molar-refractivity contribution is 7.89. The van der Waals surface area contributed by atoms with Crippen LogP contribution in [0.3, 0.4) is 0 Å². The highest BCUT2D eigenvalue weighted by Crippen LogP contribution is 2.37. The van der Waals surface area contributed by atoms with Crippen molar-refractivity contribution in [3.05, 3.63) is 46.1 Å². The predicted octanol–water partition coefficient (Wildman–Crippen LogP) is 4.04. The van der Waals surface area contributed by atoms with Gasteiger partial charge in [-0.2, -0.15) is 4.31 Å². The zero-order chi connectivity index (χ0) is 20.9. The van der Waals surface area contributed by atoms with Gasteiger partial charge < -0.3 is 4.74 Å². The second-order valence-corrected chi connectivity index (χ2v) is 10.5. The van der Waals surface area contributed by atoms with E-state index >= 15 is 0 Å². The highest BCUT2D eigenvalue weighted by Gasteiger charge is 2.35. The van der Waals surface area contributed by atoms with Crippen LogP contribution in [-0.4, -0.2) is 42.3 Å². The van der Waals surface area contributed by atoms with E-state index in [0.717, 1.165) is 35.3 Å². The number of nitrogens with zero attached hydrogens (tertiary/aromatic N) is 3. The third-order valence-electron chi connectivity index (χ3n) is 5.64. The lowest BCUT2D eigenvalue weighted by Crippen LogP contribution is -2.39. The Morgan fingerprint density at radius 1 is 1.28 bits per heavy atom. The molecule has 1 aliphatic heterocycles. The number of methoxy groups -OCH3 is 1. The van der Waals surface area contributed by atoms with Crippen molar-refractivity contribution in [2.45, 2.75) is 44.4 Å². The molecule has 2 aromatic heterocycles. The minimum absolute atomic E-state index is 0.000714. The zero-order valence-corrected chi connectivity index (χ0v) is 18.5. The van der Waals surface area contributed by atoms with Crippen LogP contribution < -0.4 is 4.74 Å². The summed E-state index contributed by atoms with van der Waals surface area (Å²) in [4.78, 5) is 6.97. The van der Waals surface area contributed by atoms with Gasteiger partial charge in [-0.05, 0) is 51.8 Å². The van der Waals surface area contributed by atoms with Crippen LogP contribution in [0.15, 0.2) is 23.1 Å². The van der Waals surface area contributed by atoms with E-state index in [1.807, 2.05) is 6.92 Å². The summed E-state index contributed by atoms with van der Waals surface area (Å²) in [5, 5.41) is 0. The molecule has 4 rings (SSSR count). The van der Waals surface area contributed by atoms with Crippen LogP contribution in [0.4, 0.5) is 4.39 Å². The van der Waals surface area contributed by atoms with E-state index in [0.29, 0.717) is 13.1 Å². The van der Waals surface area contributed by atoms with Crippen LogP contribution in [0.1, 0.15) is 40.8 Å². The predicted molar refractivity (Wildman–Crippen MR) is 111 cm³/mol. The molecule has 1 unspecified atom stereocenters. The first-order chi connectivity index (χ1) is 13.7. The molecule has 1 aliphatic rings. The van der Waals surface area contributed by atoms with Gasteiger partial charge in [0.15, 0.2) is 0 Å². The van der Waals surface area contributed by atoms with Gasteiger partial charge >= 0.3 is 0 Å². The summed E-state index contributed by atoms with van der Waals surface area (Å²) in [6.07, 6.45) is 1.59. The van der Waals surface area contributed by atoms with Gasteiger partial charge in [0.2, 0.25) is 10.0 Å². The molecule has 29 heavy (non-hydrogen) atoms. The molecule has 0 spiro atoms. The fourth-order valence-corrected chi connectivity index (χ4v) is 6.94. The number of piperidine rings is 1. The molecule has 1 fully saturated rings. The number of aromatic nitrogens is 2. The van der Waals surface area contributed by atoms with Gasteiger partial charge in [0.05, 0.1) is 12.8 Å². The van der Waals surface area contributed by atoms with Crippen LogP contribution in [0, 0.1) is 26.6 Å². The molecule has 156 valence electrons. The van der Waals surface area contributed by atoms with Crippen molar-refractivity contribution in [3.63, 3.8) is 0 Å². The Labute approximate surface area is 174 Å². The first kappa shape index (κ1) is 20.3. The van der Waals surface area contributed by atoms with Gasteiger partial charge in [0.1, 0.15) is 27.1 Å². The van der Waals surface area contributed by atoms with E-state index in [2.05, 4.69) is 18.2 Å². The summed E-state index contributed by atoms with van der Waals surface area (Å²) >= 11 is 1.70. The third-order valence-corrected chi connectivity index (χ3v) is 8.71. The molecule has 0 radical (unpaired) electrons. The summed E-state index contributed by atoms with van der Waals surface area (Å²) < 4.78 is 49.1. The maximum Gasteiger partial charge on any atom is 0.246 e. The number of hydrogen-bond donors (Lipinski definition) is 0. The molecule has 0 aliphatic carbocycles. The lowest BCUT2D eigenvalue weighted by molar-refractivity contribution is 0.312. The van der Waals surface area contributed by atoms with Gasteiger partial charge in [-0.25, -0.2) is 17.8 Å². The van der Waals surface area contributed by atoms with Crippen molar-refractivity contribution in [1.29, 1.82) is 0 Å². The number of thiazole rings is 1. The fourth-order valence-electron chi connectivity index (χ4n) is 4.04. The van der Waals surface area contributed by atoms with E-state index in [9.17, 15) is 12.8 Å². The first-order valence-corrected chi connectivity index (χ1v) is 11.8. The molecule has 0 N–H and O–H groups in total. The van der Waals surface area contributed by atoms with Crippen LogP contribution >= 0.6 is 11.3 Å². The first-order valence-electron chi connectivity index (χ1n) is 9.52. The van der Waals surface area contributed by atoms with Crippen molar-refractivity contribution >= 4 is 26.2 Å². The number of halogens is 1. The second kappa shape index (κ2) is 7.37. The molecule has 1 aromatic carbocycles. The molecular formula is C20H24FN3O3S2. The quantitative estimate of drug-likeness (QED) is 0.618. The van der Waals surface area contributed by atoms with Gasteiger partial charge in [0, 0.05) is 29.6 Å². The maximum atomic E-state index is 13.8. The van der Waals surface area contributed by atoms with Crippen LogP contribution in [0.2, 0.25) is 0 Å². The number of fused-ring (bicyclic) bond motifs is 1. The number of imidazole rings is 1. The van der Waals surface area contributed by atoms with Crippen molar-refractivity contribution in [2.75, 3.05) is 20.2 Å². The summed E-state index contributed by atoms with van der Waals surface area (Å²) in [6.45, 7) is 6.86. The average Bonchev–Trinajstić information content (AvgIpc) is 3.18. The van der Waals surface area contributed by atoms with Crippen molar-refractivity contribution in [3.8, 4) is 5.75 Å². The Kier molecular flexibility index (Phi) is 5.16. The van der Waals surface area contributed by atoms with E-state index in [4.69, 9.17) is 9.72 Å². The molecule has 6 nitrogen and oxygen atoms in total. The molecule has 0 saturated carbocycles. The minimum atomic E-state index is -3.88. The Bertz CT molecular complexity index is 1180.